The van der Waals surface area contributed by atoms with Gasteiger partial charge in [-0.1, -0.05) is 29.5 Å². The highest BCUT2D eigenvalue weighted by molar-refractivity contribution is 7.21. The van der Waals surface area contributed by atoms with Crippen molar-refractivity contribution in [3.63, 3.8) is 0 Å². The van der Waals surface area contributed by atoms with Gasteiger partial charge in [0.2, 0.25) is 5.13 Å². The van der Waals surface area contributed by atoms with Crippen molar-refractivity contribution in [1.29, 1.82) is 0 Å². The van der Waals surface area contributed by atoms with Crippen LogP contribution in [0.15, 0.2) is 58.8 Å². The summed E-state index contributed by atoms with van der Waals surface area (Å²) in [6.45, 7) is 0. The summed E-state index contributed by atoms with van der Waals surface area (Å²) in [6, 6.07) is 13.9. The Balaban J connectivity index is 1.93. The molecule has 0 saturated carbocycles. The fourth-order valence-electron chi connectivity index (χ4n) is 1.65. The molecular formula is C13H8N4O2S. The molecule has 3 aromatic rings. The van der Waals surface area contributed by atoms with E-state index < -0.39 is 4.92 Å². The van der Waals surface area contributed by atoms with Gasteiger partial charge in [-0.05, 0) is 18.2 Å². The lowest BCUT2D eigenvalue weighted by Gasteiger charge is -1.88. The molecule has 0 aliphatic heterocycles. The summed E-state index contributed by atoms with van der Waals surface area (Å²) in [5.74, 6) is 0. The zero-order chi connectivity index (χ0) is 13.9. The molecule has 0 bridgehead atoms. The molecule has 20 heavy (non-hydrogen) atoms. The Morgan fingerprint density at radius 1 is 1.10 bits per heavy atom. The normalized spacial score (nSPS) is 11.2. The molecule has 2 aromatic carbocycles. The largest absolute Gasteiger partial charge is 0.270 e. The molecule has 0 spiro atoms. The zero-order valence-electron chi connectivity index (χ0n) is 10.1. The van der Waals surface area contributed by atoms with E-state index in [1.54, 1.807) is 6.07 Å². The minimum Gasteiger partial charge on any atom is -0.258 e. The minimum absolute atomic E-state index is 0.0488. The molecule has 0 aliphatic rings. The molecular weight excluding hydrogens is 276 g/mol. The van der Waals surface area contributed by atoms with Crippen LogP contribution in [-0.2, 0) is 0 Å². The van der Waals surface area contributed by atoms with Gasteiger partial charge in [-0.2, -0.15) is 0 Å². The SMILES string of the molecule is O=[N+]([O-])c1ccc2nc(N=Nc3ccccc3)sc2c1. The summed E-state index contributed by atoms with van der Waals surface area (Å²) in [5.41, 5.74) is 1.47. The van der Waals surface area contributed by atoms with Crippen molar-refractivity contribution in [3.05, 3.63) is 58.6 Å². The van der Waals surface area contributed by atoms with Gasteiger partial charge in [0.1, 0.15) is 0 Å². The molecule has 1 heterocycles. The molecule has 0 N–H and O–H groups in total. The summed E-state index contributed by atoms with van der Waals surface area (Å²) >= 11 is 1.27. The van der Waals surface area contributed by atoms with Crippen molar-refractivity contribution in [2.75, 3.05) is 0 Å². The Morgan fingerprint density at radius 2 is 1.90 bits per heavy atom. The number of nitro groups is 1. The molecule has 7 heteroatoms. The summed E-state index contributed by atoms with van der Waals surface area (Å²) in [6.07, 6.45) is 0. The molecule has 1 aromatic heterocycles. The third-order valence-corrected chi connectivity index (χ3v) is 3.48. The fraction of sp³-hybridized carbons (Fsp3) is 0. The van der Waals surface area contributed by atoms with E-state index in [-0.39, 0.29) is 5.69 Å². The van der Waals surface area contributed by atoms with Gasteiger partial charge in [0, 0.05) is 12.1 Å². The van der Waals surface area contributed by atoms with E-state index in [4.69, 9.17) is 0 Å². The summed E-state index contributed by atoms with van der Waals surface area (Å²) in [5, 5.41) is 19.3. The maximum absolute atomic E-state index is 10.7. The number of thiazole rings is 1. The lowest BCUT2D eigenvalue weighted by atomic mass is 10.3. The number of nitrogens with zero attached hydrogens (tertiary/aromatic N) is 4. The second kappa shape index (κ2) is 5.14. The molecule has 0 amide bonds. The Kier molecular flexibility index (Phi) is 3.18. The highest BCUT2D eigenvalue weighted by atomic mass is 32.1. The van der Waals surface area contributed by atoms with E-state index in [1.165, 1.54) is 23.5 Å². The average molecular weight is 284 g/mol. The highest BCUT2D eigenvalue weighted by Crippen LogP contribution is 2.31. The molecule has 0 atom stereocenters. The number of fused-ring (bicyclic) bond motifs is 1. The van der Waals surface area contributed by atoms with Crippen LogP contribution in [0.1, 0.15) is 0 Å². The average Bonchev–Trinajstić information content (AvgIpc) is 2.88. The third kappa shape index (κ3) is 2.52. The quantitative estimate of drug-likeness (QED) is 0.400. The van der Waals surface area contributed by atoms with Crippen LogP contribution in [0.5, 0.6) is 0 Å². The van der Waals surface area contributed by atoms with Crippen molar-refractivity contribution in [1.82, 2.24) is 4.98 Å². The van der Waals surface area contributed by atoms with Crippen molar-refractivity contribution >= 4 is 38.1 Å². The maximum Gasteiger partial charge on any atom is 0.270 e. The first kappa shape index (κ1) is 12.4. The Morgan fingerprint density at radius 3 is 2.65 bits per heavy atom. The van der Waals surface area contributed by atoms with E-state index in [2.05, 4.69) is 15.2 Å². The number of azo groups is 1. The summed E-state index contributed by atoms with van der Waals surface area (Å²) in [7, 11) is 0. The summed E-state index contributed by atoms with van der Waals surface area (Å²) < 4.78 is 0.723. The second-order valence-corrected chi connectivity index (χ2v) is 4.95. The zero-order valence-corrected chi connectivity index (χ0v) is 10.9. The van der Waals surface area contributed by atoms with Crippen molar-refractivity contribution in [2.45, 2.75) is 0 Å². The van der Waals surface area contributed by atoms with E-state index in [1.807, 2.05) is 30.3 Å². The van der Waals surface area contributed by atoms with Gasteiger partial charge in [-0.3, -0.25) is 10.1 Å². The predicted molar refractivity (Wildman–Crippen MR) is 76.9 cm³/mol. The maximum atomic E-state index is 10.7. The van der Waals surface area contributed by atoms with Crippen LogP contribution in [0, 0.1) is 10.1 Å². The van der Waals surface area contributed by atoms with Gasteiger partial charge in [-0.25, -0.2) is 4.98 Å². The van der Waals surface area contributed by atoms with E-state index in [9.17, 15) is 10.1 Å². The first-order valence-corrected chi connectivity index (χ1v) is 6.56. The number of rotatable bonds is 3. The molecule has 0 unspecified atom stereocenters. The van der Waals surface area contributed by atoms with Crippen molar-refractivity contribution in [3.8, 4) is 0 Å². The number of aromatic nitrogens is 1. The van der Waals surface area contributed by atoms with E-state index in [0.29, 0.717) is 10.6 Å². The Bertz CT molecular complexity index is 798. The molecule has 3 rings (SSSR count). The van der Waals surface area contributed by atoms with E-state index in [0.717, 1.165) is 10.4 Å². The van der Waals surface area contributed by atoms with Crippen molar-refractivity contribution < 1.29 is 4.92 Å². The lowest BCUT2D eigenvalue weighted by Crippen LogP contribution is -1.85. The van der Waals surface area contributed by atoms with Crippen LogP contribution in [0.25, 0.3) is 10.2 Å². The molecule has 0 aliphatic carbocycles. The lowest BCUT2D eigenvalue weighted by molar-refractivity contribution is -0.384. The highest BCUT2D eigenvalue weighted by Gasteiger charge is 2.09. The summed E-state index contributed by atoms with van der Waals surface area (Å²) in [4.78, 5) is 14.5. The number of hydrogen-bond donors (Lipinski definition) is 0. The van der Waals surface area contributed by atoms with Crippen LogP contribution in [-0.4, -0.2) is 9.91 Å². The predicted octanol–water partition coefficient (Wildman–Crippen LogP) is 4.62. The van der Waals surface area contributed by atoms with Gasteiger partial charge in [0.05, 0.1) is 20.8 Å². The Hall–Kier alpha value is -2.67. The standard InChI is InChI=1S/C13H8N4O2S/c18-17(19)10-6-7-11-12(8-10)20-13(14-11)16-15-9-4-2-1-3-5-9/h1-8H. The molecule has 0 fully saturated rings. The first-order valence-electron chi connectivity index (χ1n) is 5.74. The minimum atomic E-state index is -0.426. The Labute approximate surface area is 117 Å². The van der Waals surface area contributed by atoms with Gasteiger partial charge >= 0.3 is 0 Å². The van der Waals surface area contributed by atoms with Gasteiger partial charge in [0.15, 0.2) is 0 Å². The molecule has 6 nitrogen and oxygen atoms in total. The second-order valence-electron chi connectivity index (χ2n) is 3.94. The molecule has 0 saturated heterocycles. The first-order chi connectivity index (χ1) is 9.72. The van der Waals surface area contributed by atoms with Crippen LogP contribution in [0.3, 0.4) is 0 Å². The van der Waals surface area contributed by atoms with Crippen LogP contribution < -0.4 is 0 Å². The van der Waals surface area contributed by atoms with Gasteiger partial charge < -0.3 is 0 Å². The van der Waals surface area contributed by atoms with Gasteiger partial charge in [0.25, 0.3) is 5.69 Å². The van der Waals surface area contributed by atoms with Crippen LogP contribution in [0.2, 0.25) is 0 Å². The molecule has 0 radical (unpaired) electrons. The van der Waals surface area contributed by atoms with Crippen LogP contribution >= 0.6 is 11.3 Å². The number of non-ortho nitro benzene ring substituents is 1. The van der Waals surface area contributed by atoms with E-state index >= 15 is 0 Å². The number of nitro benzene ring substituents is 1. The van der Waals surface area contributed by atoms with Crippen LogP contribution in [0.4, 0.5) is 16.5 Å². The smallest absolute Gasteiger partial charge is 0.258 e. The molecule has 98 valence electrons. The van der Waals surface area contributed by atoms with Crippen molar-refractivity contribution in [2.24, 2.45) is 10.2 Å². The number of benzene rings is 2. The van der Waals surface area contributed by atoms with Gasteiger partial charge in [-0.15, -0.1) is 10.2 Å². The fourth-order valence-corrected chi connectivity index (χ4v) is 2.47. The third-order valence-electron chi connectivity index (χ3n) is 2.58. The number of hydrogen-bond acceptors (Lipinski definition) is 6. The topological polar surface area (TPSA) is 80.8 Å². The monoisotopic (exact) mass is 284 g/mol.